The van der Waals surface area contributed by atoms with E-state index in [1.54, 1.807) is 36.8 Å². The normalized spacial score (nSPS) is 15.0. The minimum Gasteiger partial charge on any atom is -0.478 e. The molecule has 1 aromatic carbocycles. The number of nitrogens with zero attached hydrogens (tertiary/aromatic N) is 3. The van der Waals surface area contributed by atoms with Gasteiger partial charge in [0.25, 0.3) is 0 Å². The number of rotatable bonds is 4. The minimum atomic E-state index is -1.04. The number of nitrogens with one attached hydrogen (secondary N) is 1. The maximum Gasteiger partial charge on any atom is 0.337 e. The molecule has 25 heavy (non-hydrogen) atoms. The van der Waals surface area contributed by atoms with Gasteiger partial charge in [-0.25, -0.2) is 9.78 Å². The number of benzene rings is 1. The van der Waals surface area contributed by atoms with Gasteiger partial charge in [0, 0.05) is 31.4 Å². The van der Waals surface area contributed by atoms with Crippen molar-refractivity contribution in [3.63, 3.8) is 0 Å². The van der Waals surface area contributed by atoms with Crippen molar-refractivity contribution in [2.45, 2.75) is 19.8 Å². The van der Waals surface area contributed by atoms with Crippen molar-refractivity contribution in [1.29, 1.82) is 0 Å². The Hall–Kier alpha value is -2.96. The molecule has 0 spiro atoms. The first-order valence-corrected chi connectivity index (χ1v) is 8.20. The van der Waals surface area contributed by atoms with Crippen LogP contribution in [0.5, 0.6) is 0 Å². The van der Waals surface area contributed by atoms with E-state index < -0.39 is 5.97 Å². The second-order valence-electron chi connectivity index (χ2n) is 6.17. The number of piperidine rings is 1. The van der Waals surface area contributed by atoms with Gasteiger partial charge in [-0.1, -0.05) is 11.6 Å². The van der Waals surface area contributed by atoms with Gasteiger partial charge in [0.2, 0.25) is 5.91 Å². The van der Waals surface area contributed by atoms with Crippen molar-refractivity contribution >= 4 is 23.4 Å². The summed E-state index contributed by atoms with van der Waals surface area (Å²) in [5.74, 6) is -0.509. The zero-order valence-corrected chi connectivity index (χ0v) is 14.0. The highest BCUT2D eigenvalue weighted by molar-refractivity contribution is 6.01. The fraction of sp³-hybridized carbons (Fsp3) is 0.333. The molecule has 1 aliphatic rings. The molecule has 1 fully saturated rings. The van der Waals surface area contributed by atoms with E-state index in [0.717, 1.165) is 24.5 Å². The van der Waals surface area contributed by atoms with Gasteiger partial charge in [0.1, 0.15) is 5.82 Å². The molecule has 1 aliphatic heterocycles. The molecular weight excluding hydrogens is 320 g/mol. The summed E-state index contributed by atoms with van der Waals surface area (Å²) in [4.78, 5) is 34.3. The Morgan fingerprint density at radius 3 is 2.64 bits per heavy atom. The topological polar surface area (TPSA) is 95.4 Å². The summed E-state index contributed by atoms with van der Waals surface area (Å²) in [5.41, 5.74) is 1.30. The maximum absolute atomic E-state index is 12.5. The minimum absolute atomic E-state index is 0.116. The summed E-state index contributed by atoms with van der Waals surface area (Å²) < 4.78 is 0. The number of hydrogen-bond donors (Lipinski definition) is 2. The van der Waals surface area contributed by atoms with Crippen LogP contribution in [0, 0.1) is 12.8 Å². The number of aromatic nitrogens is 2. The van der Waals surface area contributed by atoms with Crippen molar-refractivity contribution in [2.75, 3.05) is 23.3 Å². The van der Waals surface area contributed by atoms with Gasteiger partial charge in [-0.05, 0) is 31.9 Å². The lowest BCUT2D eigenvalue weighted by atomic mass is 9.95. The van der Waals surface area contributed by atoms with Crippen LogP contribution in [-0.4, -0.2) is 40.0 Å². The standard InChI is InChI=1S/C18H20N4O3/c1-12-2-3-15(14(10-12)18(24)25)21-17(23)13-4-8-22(9-5-13)16-11-19-6-7-20-16/h2-3,6-7,10-11,13H,4-5,8-9H2,1H3,(H,21,23)(H,24,25). The molecule has 0 unspecified atom stereocenters. The van der Waals surface area contributed by atoms with Crippen molar-refractivity contribution < 1.29 is 14.7 Å². The van der Waals surface area contributed by atoms with E-state index in [1.807, 2.05) is 6.92 Å². The van der Waals surface area contributed by atoms with Crippen molar-refractivity contribution in [3.05, 3.63) is 47.9 Å². The first kappa shape index (κ1) is 16.9. The van der Waals surface area contributed by atoms with Crippen LogP contribution in [0.1, 0.15) is 28.8 Å². The summed E-state index contributed by atoms with van der Waals surface area (Å²) in [6.45, 7) is 3.26. The van der Waals surface area contributed by atoms with Gasteiger partial charge in [-0.2, -0.15) is 0 Å². The van der Waals surface area contributed by atoms with E-state index in [9.17, 15) is 14.7 Å². The van der Waals surface area contributed by atoms with Crippen molar-refractivity contribution in [2.24, 2.45) is 5.92 Å². The first-order valence-electron chi connectivity index (χ1n) is 8.20. The number of anilines is 2. The summed E-state index contributed by atoms with van der Waals surface area (Å²) in [6.07, 6.45) is 6.38. The number of hydrogen-bond acceptors (Lipinski definition) is 5. The Kier molecular flexibility index (Phi) is 4.92. The van der Waals surface area contributed by atoms with E-state index >= 15 is 0 Å². The van der Waals surface area contributed by atoms with Crippen LogP contribution in [0.3, 0.4) is 0 Å². The molecule has 130 valence electrons. The van der Waals surface area contributed by atoms with Crippen LogP contribution in [-0.2, 0) is 4.79 Å². The molecule has 2 heterocycles. The molecule has 0 atom stereocenters. The number of carbonyl (C=O) groups excluding carboxylic acids is 1. The van der Waals surface area contributed by atoms with Gasteiger partial charge < -0.3 is 15.3 Å². The Morgan fingerprint density at radius 1 is 1.24 bits per heavy atom. The molecule has 0 aliphatic carbocycles. The zero-order valence-electron chi connectivity index (χ0n) is 14.0. The second-order valence-corrected chi connectivity index (χ2v) is 6.17. The summed E-state index contributed by atoms with van der Waals surface area (Å²) >= 11 is 0. The van der Waals surface area contributed by atoms with E-state index in [1.165, 1.54) is 0 Å². The van der Waals surface area contributed by atoms with Gasteiger partial charge in [0.05, 0.1) is 17.4 Å². The molecule has 2 N–H and O–H groups in total. The van der Waals surface area contributed by atoms with Crippen LogP contribution in [0.4, 0.5) is 11.5 Å². The van der Waals surface area contributed by atoms with E-state index in [0.29, 0.717) is 18.5 Å². The highest BCUT2D eigenvalue weighted by atomic mass is 16.4. The Labute approximate surface area is 145 Å². The van der Waals surface area contributed by atoms with E-state index in [2.05, 4.69) is 20.2 Å². The number of aromatic carboxylic acids is 1. The summed E-state index contributed by atoms with van der Waals surface area (Å²) in [7, 11) is 0. The third kappa shape index (κ3) is 3.93. The van der Waals surface area contributed by atoms with Crippen LogP contribution in [0.15, 0.2) is 36.8 Å². The van der Waals surface area contributed by atoms with Gasteiger partial charge >= 0.3 is 5.97 Å². The Balaban J connectivity index is 1.63. The molecule has 0 saturated carbocycles. The molecule has 7 nitrogen and oxygen atoms in total. The predicted octanol–water partition coefficient (Wildman–Crippen LogP) is 2.34. The fourth-order valence-corrected chi connectivity index (χ4v) is 3.00. The average Bonchev–Trinajstić information content (AvgIpc) is 2.64. The van der Waals surface area contributed by atoms with Crippen LogP contribution >= 0.6 is 0 Å². The van der Waals surface area contributed by atoms with Crippen molar-refractivity contribution in [3.8, 4) is 0 Å². The highest BCUT2D eigenvalue weighted by Gasteiger charge is 2.26. The van der Waals surface area contributed by atoms with Crippen LogP contribution in [0.25, 0.3) is 0 Å². The highest BCUT2D eigenvalue weighted by Crippen LogP contribution is 2.24. The Morgan fingerprint density at radius 2 is 2.00 bits per heavy atom. The first-order chi connectivity index (χ1) is 12.0. The number of carboxylic acids is 1. The SMILES string of the molecule is Cc1ccc(NC(=O)C2CCN(c3cnccn3)CC2)c(C(=O)O)c1. The van der Waals surface area contributed by atoms with Crippen LogP contribution < -0.4 is 10.2 Å². The molecule has 0 bridgehead atoms. The lowest BCUT2D eigenvalue weighted by Crippen LogP contribution is -2.38. The van der Waals surface area contributed by atoms with E-state index in [-0.39, 0.29) is 17.4 Å². The molecule has 1 aromatic heterocycles. The van der Waals surface area contributed by atoms with Gasteiger partial charge in [0.15, 0.2) is 0 Å². The predicted molar refractivity (Wildman–Crippen MR) is 93.7 cm³/mol. The number of carbonyl (C=O) groups is 2. The molecular formula is C18H20N4O3. The zero-order chi connectivity index (χ0) is 17.8. The maximum atomic E-state index is 12.5. The van der Waals surface area contributed by atoms with Gasteiger partial charge in [-0.3, -0.25) is 9.78 Å². The second kappa shape index (κ2) is 7.29. The monoisotopic (exact) mass is 340 g/mol. The smallest absolute Gasteiger partial charge is 0.337 e. The summed E-state index contributed by atoms with van der Waals surface area (Å²) in [5, 5.41) is 12.1. The lowest BCUT2D eigenvalue weighted by molar-refractivity contribution is -0.120. The number of carboxylic acid groups (broad SMARTS) is 1. The quantitative estimate of drug-likeness (QED) is 0.887. The largest absolute Gasteiger partial charge is 0.478 e. The third-order valence-electron chi connectivity index (χ3n) is 4.40. The average molecular weight is 340 g/mol. The van der Waals surface area contributed by atoms with Gasteiger partial charge in [-0.15, -0.1) is 0 Å². The van der Waals surface area contributed by atoms with E-state index in [4.69, 9.17) is 0 Å². The molecule has 0 radical (unpaired) electrons. The molecule has 1 amide bonds. The molecule has 3 rings (SSSR count). The fourth-order valence-electron chi connectivity index (χ4n) is 3.00. The molecule has 7 heteroatoms. The summed E-state index contributed by atoms with van der Waals surface area (Å²) in [6, 6.07) is 5.00. The van der Waals surface area contributed by atoms with Crippen LogP contribution in [0.2, 0.25) is 0 Å². The third-order valence-corrected chi connectivity index (χ3v) is 4.40. The number of amides is 1. The number of aryl methyl sites for hydroxylation is 1. The van der Waals surface area contributed by atoms with Crippen molar-refractivity contribution in [1.82, 2.24) is 9.97 Å². The Bertz CT molecular complexity index is 771. The molecule has 1 saturated heterocycles. The molecule has 2 aromatic rings. The lowest BCUT2D eigenvalue weighted by Gasteiger charge is -2.31.